The van der Waals surface area contributed by atoms with Crippen LogP contribution in [0, 0.1) is 22.2 Å². The van der Waals surface area contributed by atoms with E-state index in [1.165, 1.54) is 0 Å². The van der Waals surface area contributed by atoms with E-state index in [1.807, 2.05) is 6.92 Å². The van der Waals surface area contributed by atoms with Crippen LogP contribution in [0.5, 0.6) is 0 Å². The summed E-state index contributed by atoms with van der Waals surface area (Å²) in [6.07, 6.45) is 1.01. The van der Waals surface area contributed by atoms with Gasteiger partial charge in [-0.15, -0.1) is 0 Å². The lowest BCUT2D eigenvalue weighted by molar-refractivity contribution is -0.155. The van der Waals surface area contributed by atoms with Gasteiger partial charge in [0.05, 0.1) is 23.3 Å². The SMILES string of the molecule is CCC1(CC(C)(C)C#N)CC(=O)OC1=O. The highest BCUT2D eigenvalue weighted by Gasteiger charge is 2.50. The number of cyclic esters (lactones) is 2. The Balaban J connectivity index is 2.93. The van der Waals surface area contributed by atoms with Crippen molar-refractivity contribution in [2.45, 2.75) is 40.0 Å². The molecule has 0 spiro atoms. The van der Waals surface area contributed by atoms with Crippen LogP contribution in [-0.2, 0) is 14.3 Å². The van der Waals surface area contributed by atoms with Gasteiger partial charge < -0.3 is 4.74 Å². The Morgan fingerprint density at radius 1 is 1.53 bits per heavy atom. The smallest absolute Gasteiger partial charge is 0.320 e. The van der Waals surface area contributed by atoms with Crippen molar-refractivity contribution in [3.05, 3.63) is 0 Å². The van der Waals surface area contributed by atoms with Gasteiger partial charge in [-0.3, -0.25) is 9.59 Å². The molecule has 1 aliphatic heterocycles. The van der Waals surface area contributed by atoms with Gasteiger partial charge in [-0.05, 0) is 26.7 Å². The number of nitriles is 1. The van der Waals surface area contributed by atoms with Crippen molar-refractivity contribution in [3.63, 3.8) is 0 Å². The lowest BCUT2D eigenvalue weighted by atomic mass is 9.71. The van der Waals surface area contributed by atoms with Gasteiger partial charge in [-0.25, -0.2) is 0 Å². The first kappa shape index (κ1) is 11.7. The van der Waals surface area contributed by atoms with Crippen LogP contribution in [0.15, 0.2) is 0 Å². The van der Waals surface area contributed by atoms with Crippen LogP contribution in [0.2, 0.25) is 0 Å². The lowest BCUT2D eigenvalue weighted by Gasteiger charge is -2.28. The third-order valence-electron chi connectivity index (χ3n) is 2.88. The summed E-state index contributed by atoms with van der Waals surface area (Å²) < 4.78 is 4.57. The Morgan fingerprint density at radius 3 is 2.47 bits per heavy atom. The highest BCUT2D eigenvalue weighted by molar-refractivity contribution is 5.97. The number of esters is 2. The molecule has 0 aromatic carbocycles. The van der Waals surface area contributed by atoms with Crippen LogP contribution < -0.4 is 0 Å². The molecule has 0 aromatic heterocycles. The topological polar surface area (TPSA) is 67.2 Å². The summed E-state index contributed by atoms with van der Waals surface area (Å²) in [5.74, 6) is -0.950. The Morgan fingerprint density at radius 2 is 2.13 bits per heavy atom. The standard InChI is InChI=1S/C11H15NO3/c1-4-11(6-10(2,3)7-12)5-8(13)15-9(11)14/h4-6H2,1-3H3. The molecule has 1 heterocycles. The minimum absolute atomic E-state index is 0.105. The van der Waals surface area contributed by atoms with E-state index in [2.05, 4.69) is 10.8 Å². The van der Waals surface area contributed by atoms with Crippen molar-refractivity contribution >= 4 is 11.9 Å². The van der Waals surface area contributed by atoms with Gasteiger partial charge in [0.15, 0.2) is 0 Å². The largest absolute Gasteiger partial charge is 0.393 e. The van der Waals surface area contributed by atoms with E-state index in [9.17, 15) is 9.59 Å². The van der Waals surface area contributed by atoms with Crippen LogP contribution in [0.25, 0.3) is 0 Å². The average molecular weight is 209 g/mol. The van der Waals surface area contributed by atoms with Gasteiger partial charge in [0.1, 0.15) is 0 Å². The predicted molar refractivity (Wildman–Crippen MR) is 52.5 cm³/mol. The molecule has 0 amide bonds. The molecular formula is C11H15NO3. The van der Waals surface area contributed by atoms with Crippen LogP contribution in [0.4, 0.5) is 0 Å². The second-order valence-corrected chi connectivity index (χ2v) is 4.74. The van der Waals surface area contributed by atoms with Crippen molar-refractivity contribution in [1.29, 1.82) is 5.26 Å². The zero-order chi connectivity index (χ0) is 11.7. The molecule has 4 heteroatoms. The summed E-state index contributed by atoms with van der Waals surface area (Å²) in [4.78, 5) is 22.7. The number of carbonyl (C=O) groups is 2. The fraction of sp³-hybridized carbons (Fsp3) is 0.727. The quantitative estimate of drug-likeness (QED) is 0.525. The maximum atomic E-state index is 11.6. The third-order valence-corrected chi connectivity index (χ3v) is 2.88. The zero-order valence-electron chi connectivity index (χ0n) is 9.29. The highest BCUT2D eigenvalue weighted by atomic mass is 16.6. The first-order chi connectivity index (χ1) is 6.85. The van der Waals surface area contributed by atoms with Crippen molar-refractivity contribution in [1.82, 2.24) is 0 Å². The van der Waals surface area contributed by atoms with Crippen molar-refractivity contribution in [2.75, 3.05) is 0 Å². The minimum Gasteiger partial charge on any atom is -0.393 e. The third kappa shape index (κ3) is 2.17. The van der Waals surface area contributed by atoms with Gasteiger partial charge in [0.25, 0.3) is 0 Å². The van der Waals surface area contributed by atoms with E-state index in [-0.39, 0.29) is 6.42 Å². The summed E-state index contributed by atoms with van der Waals surface area (Å²) in [7, 11) is 0. The summed E-state index contributed by atoms with van der Waals surface area (Å²) in [6.45, 7) is 5.37. The van der Waals surface area contributed by atoms with Crippen LogP contribution in [-0.4, -0.2) is 11.9 Å². The molecule has 0 aromatic rings. The van der Waals surface area contributed by atoms with Crippen LogP contribution >= 0.6 is 0 Å². The summed E-state index contributed by atoms with van der Waals surface area (Å²) in [5, 5.41) is 8.93. The van der Waals surface area contributed by atoms with Crippen LogP contribution in [0.3, 0.4) is 0 Å². The van der Waals surface area contributed by atoms with Gasteiger partial charge in [-0.1, -0.05) is 6.92 Å². The molecule has 1 aliphatic rings. The molecule has 1 fully saturated rings. The molecule has 0 saturated carbocycles. The van der Waals surface area contributed by atoms with Crippen molar-refractivity contribution < 1.29 is 14.3 Å². The maximum Gasteiger partial charge on any atom is 0.320 e. The van der Waals surface area contributed by atoms with Gasteiger partial charge in [0, 0.05) is 0 Å². The van der Waals surface area contributed by atoms with Gasteiger partial charge >= 0.3 is 11.9 Å². The average Bonchev–Trinajstić information content (AvgIpc) is 2.41. The predicted octanol–water partition coefficient (Wildman–Crippen LogP) is 1.80. The van der Waals surface area contributed by atoms with Crippen LogP contribution in [0.1, 0.15) is 40.0 Å². The molecule has 0 aliphatic carbocycles. The van der Waals surface area contributed by atoms with E-state index in [1.54, 1.807) is 13.8 Å². The number of ether oxygens (including phenoxy) is 1. The molecule has 1 unspecified atom stereocenters. The second-order valence-electron chi connectivity index (χ2n) is 4.74. The van der Waals surface area contributed by atoms with Crippen molar-refractivity contribution in [3.8, 4) is 6.07 Å². The highest BCUT2D eigenvalue weighted by Crippen LogP contribution is 2.43. The van der Waals surface area contributed by atoms with Gasteiger partial charge in [-0.2, -0.15) is 5.26 Å². The monoisotopic (exact) mass is 209 g/mol. The fourth-order valence-electron chi connectivity index (χ4n) is 2.01. The Kier molecular flexibility index (Phi) is 2.85. The second kappa shape index (κ2) is 3.65. The molecule has 0 radical (unpaired) electrons. The molecule has 82 valence electrons. The number of hydrogen-bond donors (Lipinski definition) is 0. The van der Waals surface area contributed by atoms with E-state index in [4.69, 9.17) is 5.26 Å². The Hall–Kier alpha value is -1.37. The first-order valence-corrected chi connectivity index (χ1v) is 5.01. The number of rotatable bonds is 3. The summed E-state index contributed by atoms with van der Waals surface area (Å²) in [6, 6.07) is 2.14. The molecule has 4 nitrogen and oxygen atoms in total. The number of nitrogens with zero attached hydrogens (tertiary/aromatic N) is 1. The lowest BCUT2D eigenvalue weighted by Crippen LogP contribution is -2.31. The zero-order valence-corrected chi connectivity index (χ0v) is 9.29. The Bertz CT molecular complexity index is 340. The molecule has 1 rings (SSSR count). The normalized spacial score (nSPS) is 26.3. The molecular weight excluding hydrogens is 194 g/mol. The molecule has 1 saturated heterocycles. The van der Waals surface area contributed by atoms with E-state index in [0.717, 1.165) is 0 Å². The van der Waals surface area contributed by atoms with Gasteiger partial charge in [0.2, 0.25) is 0 Å². The number of carbonyl (C=O) groups excluding carboxylic acids is 2. The summed E-state index contributed by atoms with van der Waals surface area (Å²) >= 11 is 0. The molecule has 0 bridgehead atoms. The van der Waals surface area contributed by atoms with Crippen molar-refractivity contribution in [2.24, 2.45) is 10.8 Å². The molecule has 1 atom stereocenters. The first-order valence-electron chi connectivity index (χ1n) is 5.01. The van der Waals surface area contributed by atoms with E-state index in [0.29, 0.717) is 12.8 Å². The number of hydrogen-bond acceptors (Lipinski definition) is 4. The summed E-state index contributed by atoms with van der Waals surface area (Å²) in [5.41, 5.74) is -1.39. The van der Waals surface area contributed by atoms with E-state index >= 15 is 0 Å². The minimum atomic E-state index is -0.781. The van der Waals surface area contributed by atoms with E-state index < -0.39 is 22.8 Å². The Labute approximate surface area is 89.2 Å². The maximum absolute atomic E-state index is 11.6. The molecule has 15 heavy (non-hydrogen) atoms. The fourth-order valence-corrected chi connectivity index (χ4v) is 2.01. The molecule has 0 N–H and O–H groups in total.